The van der Waals surface area contributed by atoms with Gasteiger partial charge in [-0.25, -0.2) is 14.4 Å². The van der Waals surface area contributed by atoms with Crippen LogP contribution < -0.4 is 0 Å². The van der Waals surface area contributed by atoms with Crippen LogP contribution in [0.4, 0.5) is 26.3 Å². The highest BCUT2D eigenvalue weighted by Crippen LogP contribution is 2.61. The van der Waals surface area contributed by atoms with Crippen molar-refractivity contribution in [3.8, 4) is 0 Å². The fourth-order valence-corrected chi connectivity index (χ4v) is 8.08. The van der Waals surface area contributed by atoms with Crippen molar-refractivity contribution < 1.29 is 73.9 Å². The van der Waals surface area contributed by atoms with E-state index in [1.165, 1.54) is 56.3 Å². The Kier molecular flexibility index (Phi) is 11.7. The predicted molar refractivity (Wildman–Crippen MR) is 189 cm³/mol. The molecular weight excluding hydrogens is 766 g/mol. The van der Waals surface area contributed by atoms with Crippen molar-refractivity contribution >= 4 is 23.7 Å². The summed E-state index contributed by atoms with van der Waals surface area (Å²) in [6.45, 7) is 12.0. The summed E-state index contributed by atoms with van der Waals surface area (Å²) in [6, 6.07) is 12.4. The lowest BCUT2D eigenvalue weighted by molar-refractivity contribution is -0.299. The third-order valence-electron chi connectivity index (χ3n) is 11.4. The van der Waals surface area contributed by atoms with Crippen LogP contribution in [0, 0.1) is 17.8 Å². The smallest absolute Gasteiger partial charge is 0.432 e. The Hall–Kier alpha value is -4.96. The fraction of sp³-hybridized carbons (Fsp3) is 0.463. The molecule has 10 nitrogen and oxygen atoms in total. The molecule has 57 heavy (non-hydrogen) atoms. The lowest BCUT2D eigenvalue weighted by Gasteiger charge is -2.60. The summed E-state index contributed by atoms with van der Waals surface area (Å²) >= 11 is 0. The van der Waals surface area contributed by atoms with E-state index in [0.29, 0.717) is 0 Å². The molecule has 3 heterocycles. The van der Waals surface area contributed by atoms with Crippen molar-refractivity contribution in [3.63, 3.8) is 0 Å². The third-order valence-corrected chi connectivity index (χ3v) is 11.4. The second-order valence-corrected chi connectivity index (χ2v) is 14.5. The van der Waals surface area contributed by atoms with E-state index < -0.39 is 112 Å². The number of Topliss-reactive ketones (excluding diaryl/α,β-unsaturated/α-hetero) is 1. The second kappa shape index (κ2) is 15.4. The topological polar surface area (TPSA) is 124 Å². The first kappa shape index (κ1) is 43.2. The summed E-state index contributed by atoms with van der Waals surface area (Å²) in [5.74, 6) is -8.30. The van der Waals surface area contributed by atoms with Gasteiger partial charge in [-0.15, -0.1) is 6.58 Å². The van der Waals surface area contributed by atoms with Crippen LogP contribution in [-0.4, -0.2) is 73.7 Å². The van der Waals surface area contributed by atoms with E-state index >= 15 is 0 Å². The highest BCUT2D eigenvalue weighted by atomic mass is 19.4. The molecule has 0 unspecified atom stereocenters. The van der Waals surface area contributed by atoms with Gasteiger partial charge >= 0.3 is 30.3 Å². The Morgan fingerprint density at radius 3 is 1.84 bits per heavy atom. The van der Waals surface area contributed by atoms with Gasteiger partial charge in [0.1, 0.15) is 17.3 Å². The number of hydrogen-bond donors (Lipinski definition) is 0. The number of fused-ring (bicyclic) bond motifs is 2. The van der Waals surface area contributed by atoms with Crippen molar-refractivity contribution in [3.05, 3.63) is 108 Å². The van der Waals surface area contributed by atoms with Crippen LogP contribution in [0.3, 0.4) is 0 Å². The Bertz CT molecular complexity index is 1930. The van der Waals surface area contributed by atoms with Gasteiger partial charge in [0, 0.05) is 44.1 Å². The van der Waals surface area contributed by atoms with Gasteiger partial charge in [-0.05, 0) is 19.3 Å². The third kappa shape index (κ3) is 6.73. The molecule has 1 saturated carbocycles. The zero-order valence-corrected chi connectivity index (χ0v) is 31.7. The second-order valence-electron chi connectivity index (χ2n) is 14.5. The van der Waals surface area contributed by atoms with E-state index in [1.54, 1.807) is 6.92 Å². The number of rotatable bonds is 15. The first-order chi connectivity index (χ1) is 26.7. The Balaban J connectivity index is 1.40. The molecule has 1 spiro atoms. The number of esters is 3. The highest BCUT2D eigenvalue weighted by Gasteiger charge is 2.74. The molecule has 0 N–H and O–H groups in total. The molecule has 6 rings (SSSR count). The normalized spacial score (nSPS) is 27.4. The quantitative estimate of drug-likeness (QED) is 0.0593. The van der Waals surface area contributed by atoms with E-state index in [2.05, 4.69) is 13.2 Å². The van der Waals surface area contributed by atoms with Crippen LogP contribution in [0.5, 0.6) is 0 Å². The zero-order chi connectivity index (χ0) is 42.4. The van der Waals surface area contributed by atoms with Crippen molar-refractivity contribution in [2.75, 3.05) is 14.2 Å². The maximum Gasteiger partial charge on any atom is 0.432 e. The van der Waals surface area contributed by atoms with E-state index in [9.17, 15) is 45.5 Å². The molecule has 1 aliphatic carbocycles. The lowest BCUT2D eigenvalue weighted by atomic mass is 9.59. The number of halogens is 6. The minimum Gasteiger partial charge on any atom is -0.482 e. The lowest BCUT2D eigenvalue weighted by Crippen LogP contribution is -2.70. The number of alkyl halides is 6. The van der Waals surface area contributed by atoms with Crippen LogP contribution >= 0.6 is 0 Å². The molecular formula is C41H42F6O10. The predicted octanol–water partition coefficient (Wildman–Crippen LogP) is 7.37. The van der Waals surface area contributed by atoms with E-state index in [-0.39, 0.29) is 18.6 Å². The number of benzene rings is 2. The molecule has 2 aromatic rings. The molecule has 0 radical (unpaired) electrons. The van der Waals surface area contributed by atoms with E-state index in [4.69, 9.17) is 28.4 Å². The zero-order valence-electron chi connectivity index (χ0n) is 31.7. The van der Waals surface area contributed by atoms with Crippen molar-refractivity contribution in [1.29, 1.82) is 0 Å². The number of methoxy groups -OCH3 is 2. The summed E-state index contributed by atoms with van der Waals surface area (Å²) in [7, 11) is 1.44. The van der Waals surface area contributed by atoms with Crippen LogP contribution in [0.1, 0.15) is 51.2 Å². The molecule has 3 fully saturated rings. The monoisotopic (exact) mass is 808 g/mol. The average Bonchev–Trinajstić information content (AvgIpc) is 3.44. The maximum atomic E-state index is 14.8. The van der Waals surface area contributed by atoms with Gasteiger partial charge in [-0.1, -0.05) is 93.2 Å². The van der Waals surface area contributed by atoms with Crippen LogP contribution in [0.25, 0.3) is 0 Å². The van der Waals surface area contributed by atoms with Crippen LogP contribution in [0.2, 0.25) is 0 Å². The molecule has 2 saturated heterocycles. The van der Waals surface area contributed by atoms with Gasteiger partial charge in [-0.2, -0.15) is 26.3 Å². The largest absolute Gasteiger partial charge is 0.482 e. The molecule has 0 aromatic heterocycles. The minimum atomic E-state index is -5.29. The molecule has 16 heteroatoms. The van der Waals surface area contributed by atoms with E-state index in [1.807, 2.05) is 0 Å². The summed E-state index contributed by atoms with van der Waals surface area (Å²) in [5.41, 5.74) is -12.0. The van der Waals surface area contributed by atoms with Crippen LogP contribution in [-0.2, 0) is 58.8 Å². The van der Waals surface area contributed by atoms with E-state index in [0.717, 1.165) is 44.6 Å². The number of ketones is 1. The Labute approximate surface area is 324 Å². The van der Waals surface area contributed by atoms with Gasteiger partial charge in [0.05, 0.1) is 5.92 Å². The summed E-state index contributed by atoms with van der Waals surface area (Å²) < 4.78 is 121. The summed E-state index contributed by atoms with van der Waals surface area (Å²) in [4.78, 5) is 54.4. The first-order valence-electron chi connectivity index (χ1n) is 17.9. The summed E-state index contributed by atoms with van der Waals surface area (Å²) in [5, 5.41) is 0. The highest BCUT2D eigenvalue weighted by molar-refractivity contribution is 6.19. The number of hydrogen-bond acceptors (Lipinski definition) is 10. The standard InChI is InChI=1S/C41H42F6O10/c1-8-27-31(55-35(51)39(53-7,41(45,46)47)26-18-14-11-15-19-26)36(5)24(4)22-37(27)32(56-36)30(33(49)57-37)28(48)21-20-23(3)29(9-2)54-34(50)38(52-6,40(42,43)44)25-16-12-10-13-17-25/h8-19,23-24,27,29,31H,1-2,20-22H2,3-7H3/t23-,24-,27-,29-,31-,36-,37-,38+,39+/m1/s1. The average molecular weight is 809 g/mol. The van der Waals surface area contributed by atoms with Gasteiger partial charge in [0.15, 0.2) is 23.2 Å². The van der Waals surface area contributed by atoms with Crippen molar-refractivity contribution in [2.45, 2.75) is 87.0 Å². The molecule has 2 bridgehead atoms. The molecule has 4 aliphatic rings. The fourth-order valence-electron chi connectivity index (χ4n) is 8.08. The molecule has 0 amide bonds. The molecule has 308 valence electrons. The van der Waals surface area contributed by atoms with Gasteiger partial charge in [0.2, 0.25) is 0 Å². The number of carbonyl (C=O) groups excluding carboxylic acids is 4. The molecule has 2 aromatic carbocycles. The van der Waals surface area contributed by atoms with Crippen molar-refractivity contribution in [1.82, 2.24) is 0 Å². The van der Waals surface area contributed by atoms with Gasteiger partial charge < -0.3 is 28.4 Å². The SMILES string of the molecule is C=C[C@@H]1[C@@H](OC(=O)[C@@](OC)(c2ccccc2)C(F)(F)F)[C@]2(C)OC3=C(C(=O)CC[C@@H](C)[C@@H](C=C)OC(=O)[C@@](OC)(c4ccccc4)C(F)(F)F)C(=O)O[C@@]31C[C@H]2C. The number of ether oxygens (including phenoxy) is 6. The van der Waals surface area contributed by atoms with Crippen molar-refractivity contribution in [2.24, 2.45) is 17.8 Å². The van der Waals surface area contributed by atoms with Crippen LogP contribution in [0.15, 0.2) is 97.3 Å². The first-order valence-corrected chi connectivity index (χ1v) is 17.9. The summed E-state index contributed by atoms with van der Waals surface area (Å²) in [6.07, 6.45) is -11.6. The molecule has 9 atom stereocenters. The Morgan fingerprint density at radius 1 is 0.877 bits per heavy atom. The molecule has 3 aliphatic heterocycles. The van der Waals surface area contributed by atoms with Gasteiger partial charge in [0.25, 0.3) is 11.2 Å². The number of carbonyl (C=O) groups is 4. The maximum absolute atomic E-state index is 14.8. The van der Waals surface area contributed by atoms with Gasteiger partial charge in [-0.3, -0.25) is 4.79 Å². The Morgan fingerprint density at radius 2 is 1.39 bits per heavy atom. The minimum absolute atomic E-state index is 0.0201.